The lowest BCUT2D eigenvalue weighted by molar-refractivity contribution is -0.139. The van der Waals surface area contributed by atoms with Crippen LogP contribution in [0.3, 0.4) is 0 Å². The van der Waals surface area contributed by atoms with Crippen LogP contribution in [-0.4, -0.2) is 17.1 Å². The highest BCUT2D eigenvalue weighted by Gasteiger charge is 2.33. The van der Waals surface area contributed by atoms with Crippen molar-refractivity contribution in [3.05, 3.63) is 102 Å². The van der Waals surface area contributed by atoms with E-state index in [1.165, 1.54) is 11.3 Å². The molecule has 0 saturated carbocycles. The van der Waals surface area contributed by atoms with Crippen molar-refractivity contribution in [1.29, 1.82) is 0 Å². The minimum Gasteiger partial charge on any atom is -0.463 e. The summed E-state index contributed by atoms with van der Waals surface area (Å²) in [6.45, 7) is 5.84. The predicted molar refractivity (Wildman–Crippen MR) is 118 cm³/mol. The van der Waals surface area contributed by atoms with Gasteiger partial charge in [-0.2, -0.15) is 0 Å². The quantitative estimate of drug-likeness (QED) is 0.612. The molecule has 0 N–H and O–H groups in total. The molecule has 2 heterocycles. The van der Waals surface area contributed by atoms with Gasteiger partial charge in [0.2, 0.25) is 0 Å². The van der Waals surface area contributed by atoms with Crippen molar-refractivity contribution >= 4 is 23.4 Å². The first-order chi connectivity index (χ1) is 14.5. The Labute approximate surface area is 178 Å². The molecule has 1 atom stereocenters. The molecule has 0 bridgehead atoms. The highest BCUT2D eigenvalue weighted by molar-refractivity contribution is 7.07. The Bertz CT molecular complexity index is 1300. The molecule has 0 aliphatic carbocycles. The van der Waals surface area contributed by atoms with Crippen molar-refractivity contribution in [3.8, 4) is 0 Å². The van der Waals surface area contributed by atoms with Gasteiger partial charge < -0.3 is 4.74 Å². The summed E-state index contributed by atoms with van der Waals surface area (Å²) in [4.78, 5) is 31.4. The SMILES string of the molecule is CCOC(=O)C1=C(C)N=c2sc(=Cc3ccc(C)cc3)c(=O)n2C1c1ccccc1. The summed E-state index contributed by atoms with van der Waals surface area (Å²) < 4.78 is 7.49. The van der Waals surface area contributed by atoms with Crippen molar-refractivity contribution in [2.45, 2.75) is 26.8 Å². The van der Waals surface area contributed by atoms with Crippen LogP contribution in [0, 0.1) is 6.92 Å². The van der Waals surface area contributed by atoms with E-state index < -0.39 is 12.0 Å². The first kappa shape index (κ1) is 20.0. The van der Waals surface area contributed by atoms with Crippen molar-refractivity contribution < 1.29 is 9.53 Å². The molecule has 6 heteroatoms. The number of thiazole rings is 1. The molecule has 2 aromatic carbocycles. The summed E-state index contributed by atoms with van der Waals surface area (Å²) in [7, 11) is 0. The van der Waals surface area contributed by atoms with Crippen LogP contribution >= 0.6 is 11.3 Å². The highest BCUT2D eigenvalue weighted by Crippen LogP contribution is 2.30. The first-order valence-corrected chi connectivity index (χ1v) is 10.6. The standard InChI is InChI=1S/C24H22N2O3S/c1-4-29-23(28)20-16(3)25-24-26(21(20)18-8-6-5-7-9-18)22(27)19(30-24)14-17-12-10-15(2)11-13-17/h5-14,21H,4H2,1-3H3. The van der Waals surface area contributed by atoms with Gasteiger partial charge in [-0.3, -0.25) is 9.36 Å². The maximum absolute atomic E-state index is 13.4. The molecule has 0 radical (unpaired) electrons. The first-order valence-electron chi connectivity index (χ1n) is 9.81. The number of ether oxygens (including phenoxy) is 1. The predicted octanol–water partition coefficient (Wildman–Crippen LogP) is 3.11. The lowest BCUT2D eigenvalue weighted by Gasteiger charge is -2.24. The van der Waals surface area contributed by atoms with Crippen molar-refractivity contribution in [2.24, 2.45) is 4.99 Å². The van der Waals surface area contributed by atoms with Gasteiger partial charge >= 0.3 is 5.97 Å². The molecule has 1 unspecified atom stereocenters. The molecule has 1 aromatic heterocycles. The summed E-state index contributed by atoms with van der Waals surface area (Å²) in [5.74, 6) is -0.444. The Morgan fingerprint density at radius 2 is 1.83 bits per heavy atom. The van der Waals surface area contributed by atoms with Gasteiger partial charge in [-0.15, -0.1) is 0 Å². The Kier molecular flexibility index (Phi) is 5.50. The molecular weight excluding hydrogens is 396 g/mol. The minimum absolute atomic E-state index is 0.164. The van der Waals surface area contributed by atoms with E-state index in [1.807, 2.05) is 67.6 Å². The Hall–Kier alpha value is -3.25. The molecule has 0 saturated heterocycles. The van der Waals surface area contributed by atoms with Crippen molar-refractivity contribution in [3.63, 3.8) is 0 Å². The molecule has 0 amide bonds. The van der Waals surface area contributed by atoms with Crippen LogP contribution < -0.4 is 14.9 Å². The Morgan fingerprint density at radius 1 is 1.13 bits per heavy atom. The summed E-state index contributed by atoms with van der Waals surface area (Å²) >= 11 is 1.33. The zero-order valence-corrected chi connectivity index (χ0v) is 17.9. The van der Waals surface area contributed by atoms with Crippen LogP contribution in [0.4, 0.5) is 0 Å². The average molecular weight is 419 g/mol. The number of esters is 1. The summed E-state index contributed by atoms with van der Waals surface area (Å²) in [6, 6.07) is 17.0. The Balaban J connectivity index is 1.94. The Morgan fingerprint density at radius 3 is 2.50 bits per heavy atom. The van der Waals surface area contributed by atoms with Gasteiger partial charge in [0, 0.05) is 0 Å². The van der Waals surface area contributed by atoms with Crippen LogP contribution in [0.15, 0.2) is 75.7 Å². The smallest absolute Gasteiger partial charge is 0.338 e. The van der Waals surface area contributed by atoms with Gasteiger partial charge in [-0.1, -0.05) is 71.5 Å². The molecule has 0 fully saturated rings. The normalized spacial score (nSPS) is 16.2. The summed E-state index contributed by atoms with van der Waals surface area (Å²) in [5, 5.41) is 0. The van der Waals surface area contributed by atoms with Gasteiger partial charge in [0.1, 0.15) is 0 Å². The van der Waals surface area contributed by atoms with E-state index in [9.17, 15) is 9.59 Å². The van der Waals surface area contributed by atoms with Crippen molar-refractivity contribution in [2.75, 3.05) is 6.61 Å². The van der Waals surface area contributed by atoms with E-state index in [1.54, 1.807) is 18.4 Å². The second kappa shape index (κ2) is 8.24. The number of rotatable bonds is 4. The van der Waals surface area contributed by atoms with Gasteiger partial charge in [0.25, 0.3) is 5.56 Å². The average Bonchev–Trinajstić information content (AvgIpc) is 3.04. The van der Waals surface area contributed by atoms with Gasteiger partial charge in [-0.05, 0) is 38.0 Å². The number of fused-ring (bicyclic) bond motifs is 1. The number of carbonyl (C=O) groups excluding carboxylic acids is 1. The molecule has 1 aliphatic rings. The van der Waals surface area contributed by atoms with Gasteiger partial charge in [-0.25, -0.2) is 9.79 Å². The van der Waals surface area contributed by atoms with Gasteiger partial charge in [0.05, 0.1) is 28.5 Å². The maximum Gasteiger partial charge on any atom is 0.338 e. The molecule has 0 spiro atoms. The third-order valence-corrected chi connectivity index (χ3v) is 5.99. The zero-order valence-electron chi connectivity index (χ0n) is 17.1. The summed E-state index contributed by atoms with van der Waals surface area (Å²) in [5.41, 5.74) is 3.76. The lowest BCUT2D eigenvalue weighted by atomic mass is 9.96. The molecule has 5 nitrogen and oxygen atoms in total. The molecule has 152 valence electrons. The monoisotopic (exact) mass is 418 g/mol. The highest BCUT2D eigenvalue weighted by atomic mass is 32.1. The van der Waals surface area contributed by atoms with Crippen LogP contribution in [-0.2, 0) is 9.53 Å². The van der Waals surface area contributed by atoms with Crippen LogP contribution in [0.5, 0.6) is 0 Å². The third kappa shape index (κ3) is 3.66. The summed E-state index contributed by atoms with van der Waals surface area (Å²) in [6.07, 6.45) is 1.87. The zero-order chi connectivity index (χ0) is 21.3. The topological polar surface area (TPSA) is 60.7 Å². The molecule has 1 aliphatic heterocycles. The van der Waals surface area contributed by atoms with Gasteiger partial charge in [0.15, 0.2) is 4.80 Å². The number of carbonyl (C=O) groups is 1. The second-order valence-corrected chi connectivity index (χ2v) is 8.13. The van der Waals surface area contributed by atoms with E-state index in [-0.39, 0.29) is 12.2 Å². The number of hydrogen-bond donors (Lipinski definition) is 0. The fraction of sp³-hybridized carbons (Fsp3) is 0.208. The third-order valence-electron chi connectivity index (χ3n) is 5.01. The van der Waals surface area contributed by atoms with Crippen LogP contribution in [0.2, 0.25) is 0 Å². The second-order valence-electron chi connectivity index (χ2n) is 7.12. The van der Waals surface area contributed by atoms with E-state index in [0.717, 1.165) is 16.7 Å². The lowest BCUT2D eigenvalue weighted by Crippen LogP contribution is -2.39. The van der Waals surface area contributed by atoms with Crippen LogP contribution in [0.1, 0.15) is 36.6 Å². The van der Waals surface area contributed by atoms with E-state index in [2.05, 4.69) is 4.99 Å². The van der Waals surface area contributed by atoms with E-state index >= 15 is 0 Å². The number of allylic oxidation sites excluding steroid dienone is 1. The number of hydrogen-bond acceptors (Lipinski definition) is 5. The molecule has 4 rings (SSSR count). The molecular formula is C24H22N2O3S. The largest absolute Gasteiger partial charge is 0.463 e. The van der Waals surface area contributed by atoms with E-state index in [4.69, 9.17) is 4.74 Å². The maximum atomic E-state index is 13.4. The van der Waals surface area contributed by atoms with Crippen molar-refractivity contribution in [1.82, 2.24) is 4.57 Å². The fourth-order valence-electron chi connectivity index (χ4n) is 3.56. The number of benzene rings is 2. The fourth-order valence-corrected chi connectivity index (χ4v) is 4.60. The number of nitrogens with zero attached hydrogens (tertiary/aromatic N) is 2. The minimum atomic E-state index is -0.568. The molecule has 3 aromatic rings. The van der Waals surface area contributed by atoms with E-state index in [0.29, 0.717) is 20.6 Å². The number of aromatic nitrogens is 1. The number of aryl methyl sites for hydroxylation is 1. The molecule has 30 heavy (non-hydrogen) atoms. The van der Waals surface area contributed by atoms with Crippen LogP contribution in [0.25, 0.3) is 6.08 Å².